The first-order chi connectivity index (χ1) is 28.5. The number of benzene rings is 2. The molecule has 16 heteroatoms. The monoisotopic (exact) mass is 913 g/mol. The molecular weight excluding hydrogens is 838 g/mol. The number of likely N-dealkylation sites (tertiary alicyclic amines) is 1. The molecule has 2 aromatic rings. The minimum Gasteiger partial charge on any atom is -0.444 e. The number of hydrogen-bond donors (Lipinski definition) is 1. The van der Waals surface area contributed by atoms with Gasteiger partial charge in [-0.2, -0.15) is 0 Å². The Balaban J connectivity index is 0.000000800. The lowest BCUT2D eigenvalue weighted by molar-refractivity contribution is -0.126. The second kappa shape index (κ2) is 28.7. The first-order valence-electron chi connectivity index (χ1n) is 21.0. The molecule has 0 radical (unpaired) electrons. The van der Waals surface area contributed by atoms with E-state index in [2.05, 4.69) is 49.7 Å². The van der Waals surface area contributed by atoms with Gasteiger partial charge >= 0.3 is 12.2 Å². The average Bonchev–Trinajstić information content (AvgIpc) is 3.56. The summed E-state index contributed by atoms with van der Waals surface area (Å²) >= 11 is 11.5. The van der Waals surface area contributed by atoms with Crippen molar-refractivity contribution in [2.24, 2.45) is 0 Å². The highest BCUT2D eigenvalue weighted by Gasteiger charge is 2.27. The van der Waals surface area contributed by atoms with E-state index < -0.39 is 11.4 Å². The topological polar surface area (TPSA) is 132 Å². The van der Waals surface area contributed by atoms with Crippen molar-refractivity contribution in [1.29, 1.82) is 0 Å². The van der Waals surface area contributed by atoms with E-state index >= 15 is 0 Å². The molecule has 2 aromatic carbocycles. The van der Waals surface area contributed by atoms with Gasteiger partial charge in [-0.1, -0.05) is 49.7 Å². The van der Waals surface area contributed by atoms with Crippen LogP contribution < -0.4 is 10.2 Å². The molecule has 0 spiro atoms. The lowest BCUT2D eigenvalue weighted by Gasteiger charge is -2.37. The molecule has 0 atom stereocenters. The third-order valence-corrected chi connectivity index (χ3v) is 9.97. The van der Waals surface area contributed by atoms with Crippen LogP contribution in [0.15, 0.2) is 36.4 Å². The molecule has 0 unspecified atom stereocenters. The number of piperazine rings is 2. The summed E-state index contributed by atoms with van der Waals surface area (Å²) in [5.74, 6) is -0.289. The molecule has 3 amide bonds. The Hall–Kier alpha value is -3.98. The molecule has 62 heavy (non-hydrogen) atoms. The second-order valence-corrected chi connectivity index (χ2v) is 18.0. The lowest BCUT2D eigenvalue weighted by Crippen LogP contribution is -2.50. The van der Waals surface area contributed by atoms with Crippen LogP contribution in [0.2, 0.25) is 10.0 Å². The van der Waals surface area contributed by atoms with Crippen molar-refractivity contribution in [3.63, 3.8) is 0 Å². The van der Waals surface area contributed by atoms with Crippen molar-refractivity contribution in [1.82, 2.24) is 24.9 Å². The molecule has 0 bridgehead atoms. The van der Waals surface area contributed by atoms with Crippen molar-refractivity contribution in [3.8, 4) is 0 Å². The number of carbonyl (C=O) groups is 5. The van der Waals surface area contributed by atoms with Gasteiger partial charge in [0.1, 0.15) is 17.0 Å². The van der Waals surface area contributed by atoms with Gasteiger partial charge in [0, 0.05) is 90.1 Å². The van der Waals surface area contributed by atoms with Gasteiger partial charge in [-0.15, -0.1) is 0 Å². The van der Waals surface area contributed by atoms with Gasteiger partial charge in [-0.25, -0.2) is 14.0 Å². The zero-order valence-corrected chi connectivity index (χ0v) is 40.0. The number of rotatable bonds is 6. The van der Waals surface area contributed by atoms with Crippen LogP contribution in [-0.4, -0.2) is 146 Å². The van der Waals surface area contributed by atoms with E-state index in [0.29, 0.717) is 61.0 Å². The van der Waals surface area contributed by atoms with Crippen molar-refractivity contribution in [3.05, 3.63) is 63.4 Å². The third kappa shape index (κ3) is 21.9. The molecule has 13 nitrogen and oxygen atoms in total. The fourth-order valence-electron chi connectivity index (χ4n) is 6.28. The van der Waals surface area contributed by atoms with Crippen molar-refractivity contribution >= 4 is 59.6 Å². The van der Waals surface area contributed by atoms with Crippen molar-refractivity contribution < 1.29 is 37.8 Å². The molecule has 3 heterocycles. The fourth-order valence-corrected chi connectivity index (χ4v) is 6.70. The molecule has 3 aliphatic rings. The molecule has 5 rings (SSSR count). The number of halogens is 3. The molecule has 3 fully saturated rings. The highest BCUT2D eigenvalue weighted by Crippen LogP contribution is 2.27. The molecule has 0 saturated carbocycles. The second-order valence-electron chi connectivity index (χ2n) is 17.2. The number of ether oxygens (including phenoxy) is 2. The molecular formula is C46H75Cl2FN6O7. The summed E-state index contributed by atoms with van der Waals surface area (Å²) in [6, 6.07) is 10.9. The maximum atomic E-state index is 12.5. The smallest absolute Gasteiger partial charge is 0.410 e. The molecule has 0 aliphatic carbocycles. The van der Waals surface area contributed by atoms with Crippen LogP contribution in [0.1, 0.15) is 117 Å². The summed E-state index contributed by atoms with van der Waals surface area (Å²) in [6.07, 6.45) is 2.49. The molecule has 0 aromatic heterocycles. The summed E-state index contributed by atoms with van der Waals surface area (Å²) in [5.41, 5.74) is 0.346. The summed E-state index contributed by atoms with van der Waals surface area (Å²) in [4.78, 5) is 65.1. The van der Waals surface area contributed by atoms with Gasteiger partial charge in [0.25, 0.3) is 0 Å². The number of carbonyl (C=O) groups excluding carboxylic acids is 5. The summed E-state index contributed by atoms with van der Waals surface area (Å²) in [5, 5.41) is 3.78. The fraction of sp³-hybridized carbons (Fsp3) is 0.630. The maximum absolute atomic E-state index is 12.5. The number of nitrogens with zero attached hydrogens (tertiary/aromatic N) is 5. The number of aldehydes is 2. The van der Waals surface area contributed by atoms with Crippen LogP contribution in [0.25, 0.3) is 0 Å². The highest BCUT2D eigenvalue weighted by molar-refractivity contribution is 6.33. The number of anilines is 1. The Kier molecular flexibility index (Phi) is 26.8. The van der Waals surface area contributed by atoms with E-state index in [9.17, 15) is 28.4 Å². The van der Waals surface area contributed by atoms with Gasteiger partial charge in [-0.05, 0) is 106 Å². The minimum absolute atomic E-state index is 0. The highest BCUT2D eigenvalue weighted by atomic mass is 35.5. The third-order valence-electron chi connectivity index (χ3n) is 9.31. The predicted molar refractivity (Wildman–Crippen MR) is 251 cm³/mol. The van der Waals surface area contributed by atoms with Crippen LogP contribution in [0.4, 0.5) is 19.7 Å². The van der Waals surface area contributed by atoms with Crippen LogP contribution in [0, 0.1) is 5.82 Å². The van der Waals surface area contributed by atoms with E-state index in [1.807, 2.05) is 60.7 Å². The summed E-state index contributed by atoms with van der Waals surface area (Å²) in [6.45, 7) is 30.1. The molecule has 3 aliphatic heterocycles. The Morgan fingerprint density at radius 1 is 0.774 bits per heavy atom. The minimum atomic E-state index is -0.581. The largest absolute Gasteiger partial charge is 0.444 e. The number of hydrogen-bond acceptors (Lipinski definition) is 10. The zero-order chi connectivity index (χ0) is 46.5. The molecule has 3 saturated heterocycles. The van der Waals surface area contributed by atoms with E-state index in [1.165, 1.54) is 18.2 Å². The van der Waals surface area contributed by atoms with Crippen LogP contribution in [0.3, 0.4) is 0 Å². The number of nitrogens with one attached hydrogen (secondary N) is 1. The van der Waals surface area contributed by atoms with E-state index in [1.54, 1.807) is 20.8 Å². The maximum Gasteiger partial charge on any atom is 0.410 e. The van der Waals surface area contributed by atoms with Gasteiger partial charge in [0.2, 0.25) is 5.91 Å². The van der Waals surface area contributed by atoms with Crippen LogP contribution >= 0.6 is 23.2 Å². The SMILES string of the molecule is C.CC(C)(C)OC(=O)N1CCN(c2cccc(Cl)c2C=O)CC1.CC(C)(C)OC(=O)N1CCNCC1.CCN(C(C)C)C(C)C.CN1CCCC1=O.O=Cc1c(F)cccc1Cl. The standard InChI is InChI=1S/C16H21ClN2O3.C9H18N2O2.C8H19N.C7H4ClFO.C5H9NO.CH4/c1-16(2,3)22-15(21)19-9-7-18(8-10-19)14-6-4-5-13(17)12(14)11-20;1-9(2,3)13-8(12)11-6-4-10-5-7-11;1-6-9(7(2)3)8(4)5;8-6-2-1-3-7(9)5(6)4-10;1-6-4-2-3-5(6)7;/h4-6,11H,7-10H2,1-3H3;10H,4-7H2,1-3H3;7-8H,6H2,1-5H3;1-4H;2-4H2,1H3;1H4. The first-order valence-corrected chi connectivity index (χ1v) is 21.8. The van der Waals surface area contributed by atoms with Gasteiger partial charge in [-0.3, -0.25) is 19.3 Å². The average molecular weight is 914 g/mol. The molecule has 352 valence electrons. The van der Waals surface area contributed by atoms with Crippen molar-refractivity contribution in [2.45, 2.75) is 120 Å². The summed E-state index contributed by atoms with van der Waals surface area (Å²) < 4.78 is 23.1. The van der Waals surface area contributed by atoms with Crippen molar-refractivity contribution in [2.75, 3.05) is 77.4 Å². The Morgan fingerprint density at radius 2 is 1.23 bits per heavy atom. The number of amides is 3. The lowest BCUT2D eigenvalue weighted by atomic mass is 10.1. The van der Waals surface area contributed by atoms with Gasteiger partial charge < -0.3 is 34.4 Å². The summed E-state index contributed by atoms with van der Waals surface area (Å²) in [7, 11) is 1.84. The Morgan fingerprint density at radius 3 is 1.55 bits per heavy atom. The zero-order valence-electron chi connectivity index (χ0n) is 38.5. The van der Waals surface area contributed by atoms with Crippen LogP contribution in [0.5, 0.6) is 0 Å². The van der Waals surface area contributed by atoms with E-state index in [0.717, 1.165) is 64.1 Å². The van der Waals surface area contributed by atoms with Gasteiger partial charge in [0.15, 0.2) is 12.6 Å². The predicted octanol–water partition coefficient (Wildman–Crippen LogP) is 9.33. The first kappa shape index (κ1) is 58.0. The van der Waals surface area contributed by atoms with Gasteiger partial charge in [0.05, 0.1) is 21.2 Å². The van der Waals surface area contributed by atoms with E-state index in [-0.39, 0.29) is 35.8 Å². The van der Waals surface area contributed by atoms with Crippen LogP contribution in [-0.2, 0) is 14.3 Å². The van der Waals surface area contributed by atoms with E-state index in [4.69, 9.17) is 32.7 Å². The molecule has 1 N–H and O–H groups in total. The normalized spacial score (nSPS) is 15.1. The quantitative estimate of drug-likeness (QED) is 0.280. The Labute approximate surface area is 381 Å². The Bertz CT molecular complexity index is 1640.